The highest BCUT2D eigenvalue weighted by molar-refractivity contribution is 5.95. The predicted octanol–water partition coefficient (Wildman–Crippen LogP) is 1.85. The van der Waals surface area contributed by atoms with E-state index in [1.165, 1.54) is 0 Å². The normalized spacial score (nSPS) is 18.0. The van der Waals surface area contributed by atoms with Gasteiger partial charge in [0.2, 0.25) is 5.91 Å². The van der Waals surface area contributed by atoms with Crippen molar-refractivity contribution >= 4 is 11.7 Å². The van der Waals surface area contributed by atoms with Crippen LogP contribution in [0.2, 0.25) is 0 Å². The summed E-state index contributed by atoms with van der Waals surface area (Å²) in [4.78, 5) is 16.4. The number of carbonyl (C=O) groups is 1. The van der Waals surface area contributed by atoms with Crippen molar-refractivity contribution in [1.29, 1.82) is 0 Å². The molecule has 0 aromatic carbocycles. The number of pyridine rings is 1. The van der Waals surface area contributed by atoms with Crippen LogP contribution in [0.15, 0.2) is 18.3 Å². The van der Waals surface area contributed by atoms with Gasteiger partial charge in [-0.05, 0) is 37.5 Å². The summed E-state index contributed by atoms with van der Waals surface area (Å²) in [5.41, 5.74) is 6.49. The van der Waals surface area contributed by atoms with Crippen LogP contribution in [0.4, 0.5) is 5.82 Å². The molecule has 1 aromatic heterocycles. The fraction of sp³-hybridized carbons (Fsp3) is 0.538. The molecule has 92 valence electrons. The Kier molecular flexibility index (Phi) is 3.43. The summed E-state index contributed by atoms with van der Waals surface area (Å²) in [6.07, 6.45) is 5.66. The molecule has 1 aromatic rings. The first-order valence-corrected chi connectivity index (χ1v) is 6.10. The van der Waals surface area contributed by atoms with Gasteiger partial charge in [-0.25, -0.2) is 4.98 Å². The summed E-state index contributed by atoms with van der Waals surface area (Å²) in [5, 5.41) is 2.89. The largest absolute Gasteiger partial charge is 0.329 e. The first-order chi connectivity index (χ1) is 8.16. The fourth-order valence-corrected chi connectivity index (χ4v) is 2.43. The van der Waals surface area contributed by atoms with Gasteiger partial charge in [0.15, 0.2) is 0 Å². The molecule has 0 saturated heterocycles. The highest BCUT2D eigenvalue weighted by Gasteiger charge is 2.39. The van der Waals surface area contributed by atoms with Crippen LogP contribution in [-0.4, -0.2) is 17.4 Å². The third-order valence-corrected chi connectivity index (χ3v) is 3.59. The van der Waals surface area contributed by atoms with Gasteiger partial charge in [0.05, 0.1) is 5.41 Å². The Morgan fingerprint density at radius 3 is 2.82 bits per heavy atom. The lowest BCUT2D eigenvalue weighted by Gasteiger charge is -2.25. The van der Waals surface area contributed by atoms with Crippen LogP contribution in [0.5, 0.6) is 0 Å². The summed E-state index contributed by atoms with van der Waals surface area (Å²) in [6, 6.07) is 3.78. The lowest BCUT2D eigenvalue weighted by molar-refractivity contribution is -0.124. The predicted molar refractivity (Wildman–Crippen MR) is 67.6 cm³/mol. The zero-order valence-electron chi connectivity index (χ0n) is 10.2. The first kappa shape index (κ1) is 12.0. The molecule has 0 aliphatic heterocycles. The van der Waals surface area contributed by atoms with Crippen molar-refractivity contribution in [3.8, 4) is 0 Å². The zero-order valence-corrected chi connectivity index (χ0v) is 10.2. The first-order valence-electron chi connectivity index (χ1n) is 6.10. The Balaban J connectivity index is 2.10. The lowest BCUT2D eigenvalue weighted by Crippen LogP contribution is -2.40. The number of nitrogens with zero attached hydrogens (tertiary/aromatic N) is 1. The average Bonchev–Trinajstić information content (AvgIpc) is 2.78. The molecule has 4 heteroatoms. The molecule has 0 radical (unpaired) electrons. The smallest absolute Gasteiger partial charge is 0.233 e. The van der Waals surface area contributed by atoms with Gasteiger partial charge in [-0.15, -0.1) is 0 Å². The number of amides is 1. The molecule has 2 rings (SSSR count). The minimum absolute atomic E-state index is 0.0237. The van der Waals surface area contributed by atoms with Gasteiger partial charge in [0.25, 0.3) is 0 Å². The van der Waals surface area contributed by atoms with E-state index in [0.29, 0.717) is 12.4 Å². The summed E-state index contributed by atoms with van der Waals surface area (Å²) < 4.78 is 0. The molecule has 17 heavy (non-hydrogen) atoms. The molecule has 1 amide bonds. The van der Waals surface area contributed by atoms with Crippen LogP contribution in [0, 0.1) is 12.3 Å². The number of aryl methyl sites for hydroxylation is 1. The second-order valence-electron chi connectivity index (χ2n) is 4.86. The van der Waals surface area contributed by atoms with Crippen LogP contribution in [0.25, 0.3) is 0 Å². The van der Waals surface area contributed by atoms with Crippen LogP contribution in [-0.2, 0) is 4.79 Å². The second kappa shape index (κ2) is 4.84. The highest BCUT2D eigenvalue weighted by atomic mass is 16.2. The Labute approximate surface area is 102 Å². The van der Waals surface area contributed by atoms with Crippen LogP contribution < -0.4 is 11.1 Å². The van der Waals surface area contributed by atoms with Crippen molar-refractivity contribution in [2.24, 2.45) is 11.1 Å². The quantitative estimate of drug-likeness (QED) is 0.837. The standard InChI is InChI=1S/C13H19N3O/c1-10-4-7-15-11(8-10)16-12(17)13(9-14)5-2-3-6-13/h4,7-8H,2-3,5-6,9,14H2,1H3,(H,15,16,17). The molecule has 1 heterocycles. The fourth-order valence-electron chi connectivity index (χ4n) is 2.43. The third kappa shape index (κ3) is 2.47. The number of anilines is 1. The van der Waals surface area contributed by atoms with Crippen molar-refractivity contribution in [2.75, 3.05) is 11.9 Å². The van der Waals surface area contributed by atoms with E-state index < -0.39 is 0 Å². The van der Waals surface area contributed by atoms with Crippen molar-refractivity contribution < 1.29 is 4.79 Å². The van der Waals surface area contributed by atoms with E-state index in [2.05, 4.69) is 10.3 Å². The maximum Gasteiger partial charge on any atom is 0.233 e. The molecule has 3 N–H and O–H groups in total. The molecule has 4 nitrogen and oxygen atoms in total. The number of nitrogens with one attached hydrogen (secondary N) is 1. The Hall–Kier alpha value is -1.42. The molecular formula is C13H19N3O. The van der Waals surface area contributed by atoms with E-state index in [0.717, 1.165) is 31.2 Å². The number of hydrogen-bond acceptors (Lipinski definition) is 3. The molecular weight excluding hydrogens is 214 g/mol. The number of aromatic nitrogens is 1. The zero-order chi connectivity index (χ0) is 12.3. The molecule has 0 spiro atoms. The van der Waals surface area contributed by atoms with Crippen molar-refractivity contribution in [3.05, 3.63) is 23.9 Å². The summed E-state index contributed by atoms with van der Waals surface area (Å²) >= 11 is 0. The Bertz CT molecular complexity index is 411. The van der Waals surface area contributed by atoms with Gasteiger partial charge in [-0.1, -0.05) is 12.8 Å². The van der Waals surface area contributed by atoms with E-state index in [-0.39, 0.29) is 11.3 Å². The van der Waals surface area contributed by atoms with Gasteiger partial charge >= 0.3 is 0 Å². The SMILES string of the molecule is Cc1ccnc(NC(=O)C2(CN)CCCC2)c1. The van der Waals surface area contributed by atoms with Crippen molar-refractivity contribution in [3.63, 3.8) is 0 Å². The molecule has 1 fully saturated rings. The molecule has 1 saturated carbocycles. The van der Waals surface area contributed by atoms with Gasteiger partial charge in [0, 0.05) is 12.7 Å². The Morgan fingerprint density at radius 1 is 1.53 bits per heavy atom. The Morgan fingerprint density at radius 2 is 2.24 bits per heavy atom. The number of hydrogen-bond donors (Lipinski definition) is 2. The van der Waals surface area contributed by atoms with Gasteiger partial charge in [-0.2, -0.15) is 0 Å². The van der Waals surface area contributed by atoms with Crippen LogP contribution in [0.1, 0.15) is 31.2 Å². The summed E-state index contributed by atoms with van der Waals surface area (Å²) in [5.74, 6) is 0.644. The maximum atomic E-state index is 12.2. The topological polar surface area (TPSA) is 68.0 Å². The highest BCUT2D eigenvalue weighted by Crippen LogP contribution is 2.37. The van der Waals surface area contributed by atoms with E-state index in [1.807, 2.05) is 19.1 Å². The van der Waals surface area contributed by atoms with Crippen molar-refractivity contribution in [1.82, 2.24) is 4.98 Å². The van der Waals surface area contributed by atoms with E-state index >= 15 is 0 Å². The monoisotopic (exact) mass is 233 g/mol. The third-order valence-electron chi connectivity index (χ3n) is 3.59. The minimum atomic E-state index is -0.370. The van der Waals surface area contributed by atoms with Gasteiger partial charge < -0.3 is 11.1 Å². The number of carbonyl (C=O) groups excluding carboxylic acids is 1. The van der Waals surface area contributed by atoms with Gasteiger partial charge in [-0.3, -0.25) is 4.79 Å². The average molecular weight is 233 g/mol. The molecule has 0 bridgehead atoms. The van der Waals surface area contributed by atoms with Crippen LogP contribution in [0.3, 0.4) is 0 Å². The molecule has 0 atom stereocenters. The van der Waals surface area contributed by atoms with E-state index in [1.54, 1.807) is 6.20 Å². The van der Waals surface area contributed by atoms with Gasteiger partial charge in [0.1, 0.15) is 5.82 Å². The van der Waals surface area contributed by atoms with Crippen molar-refractivity contribution in [2.45, 2.75) is 32.6 Å². The molecule has 0 unspecified atom stereocenters. The summed E-state index contributed by atoms with van der Waals surface area (Å²) in [7, 11) is 0. The maximum absolute atomic E-state index is 12.2. The number of nitrogens with two attached hydrogens (primary N) is 1. The number of rotatable bonds is 3. The molecule has 1 aliphatic carbocycles. The van der Waals surface area contributed by atoms with Crippen LogP contribution >= 0.6 is 0 Å². The minimum Gasteiger partial charge on any atom is -0.329 e. The van der Waals surface area contributed by atoms with E-state index in [4.69, 9.17) is 5.73 Å². The van der Waals surface area contributed by atoms with E-state index in [9.17, 15) is 4.79 Å². The molecule has 1 aliphatic rings. The lowest BCUT2D eigenvalue weighted by atomic mass is 9.85. The second-order valence-corrected chi connectivity index (χ2v) is 4.86. The summed E-state index contributed by atoms with van der Waals surface area (Å²) in [6.45, 7) is 2.40.